The van der Waals surface area contributed by atoms with Gasteiger partial charge in [-0.2, -0.15) is 0 Å². The molecule has 1 nitrogen and oxygen atoms in total. The molecule has 2 heteroatoms. The van der Waals surface area contributed by atoms with E-state index in [0.717, 1.165) is 16.7 Å². The van der Waals surface area contributed by atoms with Gasteiger partial charge in [-0.15, -0.1) is 6.58 Å². The van der Waals surface area contributed by atoms with Gasteiger partial charge in [0, 0.05) is 16.7 Å². The summed E-state index contributed by atoms with van der Waals surface area (Å²) in [6, 6.07) is 6.24. The lowest BCUT2D eigenvalue weighted by atomic mass is 10.2. The molecule has 0 atom stereocenters. The predicted octanol–water partition coefficient (Wildman–Crippen LogP) is 3.36. The lowest BCUT2D eigenvalue weighted by Crippen LogP contribution is -1.97. The molecular formula is C10H12BrN. The minimum atomic E-state index is 0.801. The molecule has 0 aliphatic heterocycles. The Balaban J connectivity index is 2.78. The summed E-state index contributed by atoms with van der Waals surface area (Å²) in [7, 11) is 0. The van der Waals surface area contributed by atoms with Gasteiger partial charge in [0.25, 0.3) is 0 Å². The number of halogens is 1. The molecule has 0 aliphatic carbocycles. The predicted molar refractivity (Wildman–Crippen MR) is 57.6 cm³/mol. The van der Waals surface area contributed by atoms with Crippen LogP contribution in [0.5, 0.6) is 0 Å². The highest BCUT2D eigenvalue weighted by molar-refractivity contribution is 9.10. The maximum atomic E-state index is 3.65. The first kappa shape index (κ1) is 9.33. The van der Waals surface area contributed by atoms with Crippen LogP contribution in [0.15, 0.2) is 35.3 Å². The van der Waals surface area contributed by atoms with E-state index < -0.39 is 0 Å². The lowest BCUT2D eigenvalue weighted by Gasteiger charge is -2.04. The van der Waals surface area contributed by atoms with Crippen molar-refractivity contribution >= 4 is 21.6 Å². The van der Waals surface area contributed by atoms with Crippen molar-refractivity contribution in [3.05, 3.63) is 40.9 Å². The van der Waals surface area contributed by atoms with Gasteiger partial charge in [-0.1, -0.05) is 22.0 Å². The van der Waals surface area contributed by atoms with E-state index in [9.17, 15) is 0 Å². The summed E-state index contributed by atoms with van der Waals surface area (Å²) in [6.45, 7) is 6.52. The van der Waals surface area contributed by atoms with Crippen molar-refractivity contribution in [2.24, 2.45) is 0 Å². The SMILES string of the molecule is C=CCNc1cc(C)cc(Br)c1. The number of benzene rings is 1. The number of rotatable bonds is 3. The summed E-state index contributed by atoms with van der Waals surface area (Å²) in [6.07, 6.45) is 1.84. The minimum Gasteiger partial charge on any atom is -0.382 e. The van der Waals surface area contributed by atoms with E-state index in [2.05, 4.69) is 52.9 Å². The van der Waals surface area contributed by atoms with E-state index in [1.165, 1.54) is 5.56 Å². The Labute approximate surface area is 81.6 Å². The van der Waals surface area contributed by atoms with Crippen molar-refractivity contribution in [1.82, 2.24) is 0 Å². The molecule has 0 radical (unpaired) electrons. The van der Waals surface area contributed by atoms with E-state index in [0.29, 0.717) is 0 Å². The van der Waals surface area contributed by atoms with Gasteiger partial charge >= 0.3 is 0 Å². The van der Waals surface area contributed by atoms with E-state index in [-0.39, 0.29) is 0 Å². The fraction of sp³-hybridized carbons (Fsp3) is 0.200. The molecule has 0 aromatic heterocycles. The fourth-order valence-corrected chi connectivity index (χ4v) is 1.64. The normalized spacial score (nSPS) is 9.50. The first-order valence-corrected chi connectivity index (χ1v) is 4.63. The maximum absolute atomic E-state index is 3.65. The van der Waals surface area contributed by atoms with Gasteiger partial charge in [0.2, 0.25) is 0 Å². The van der Waals surface area contributed by atoms with Crippen molar-refractivity contribution in [3.8, 4) is 0 Å². The van der Waals surface area contributed by atoms with E-state index >= 15 is 0 Å². The van der Waals surface area contributed by atoms with Crippen LogP contribution in [0.2, 0.25) is 0 Å². The monoisotopic (exact) mass is 225 g/mol. The Kier molecular flexibility index (Phi) is 3.35. The summed E-state index contributed by atoms with van der Waals surface area (Å²) in [5, 5.41) is 3.23. The fourth-order valence-electron chi connectivity index (χ4n) is 1.03. The van der Waals surface area contributed by atoms with Crippen molar-refractivity contribution < 1.29 is 0 Å². The first-order valence-electron chi connectivity index (χ1n) is 3.84. The molecule has 0 fully saturated rings. The van der Waals surface area contributed by atoms with Crippen LogP contribution in [0, 0.1) is 6.92 Å². The second kappa shape index (κ2) is 4.31. The van der Waals surface area contributed by atoms with Gasteiger partial charge in [0.15, 0.2) is 0 Å². The van der Waals surface area contributed by atoms with Crippen LogP contribution in [-0.2, 0) is 0 Å². The summed E-state index contributed by atoms with van der Waals surface area (Å²) < 4.78 is 1.11. The van der Waals surface area contributed by atoms with Crippen LogP contribution in [0.1, 0.15) is 5.56 Å². The highest BCUT2D eigenvalue weighted by atomic mass is 79.9. The van der Waals surface area contributed by atoms with Gasteiger partial charge in [0.05, 0.1) is 0 Å². The molecule has 0 unspecified atom stereocenters. The molecule has 0 spiro atoms. The van der Waals surface area contributed by atoms with Crippen LogP contribution >= 0.6 is 15.9 Å². The van der Waals surface area contributed by atoms with Crippen LogP contribution < -0.4 is 5.32 Å². The molecule has 1 N–H and O–H groups in total. The average Bonchev–Trinajstić information content (AvgIpc) is 1.99. The summed E-state index contributed by atoms with van der Waals surface area (Å²) in [5.41, 5.74) is 2.37. The highest BCUT2D eigenvalue weighted by Gasteiger charge is 1.93. The summed E-state index contributed by atoms with van der Waals surface area (Å²) >= 11 is 3.44. The molecule has 0 bridgehead atoms. The topological polar surface area (TPSA) is 12.0 Å². The number of aryl methyl sites for hydroxylation is 1. The Bertz CT molecular complexity index is 261. The third-order valence-corrected chi connectivity index (χ3v) is 1.95. The van der Waals surface area contributed by atoms with Gasteiger partial charge < -0.3 is 5.32 Å². The van der Waals surface area contributed by atoms with E-state index in [1.807, 2.05) is 6.08 Å². The molecule has 0 saturated heterocycles. The molecule has 64 valence electrons. The Morgan fingerprint density at radius 3 is 2.83 bits per heavy atom. The van der Waals surface area contributed by atoms with Crippen LogP contribution in [-0.4, -0.2) is 6.54 Å². The molecule has 1 aromatic carbocycles. The molecule has 12 heavy (non-hydrogen) atoms. The quantitative estimate of drug-likeness (QED) is 0.779. The lowest BCUT2D eigenvalue weighted by molar-refractivity contribution is 1.32. The molecular weight excluding hydrogens is 214 g/mol. The van der Waals surface area contributed by atoms with Gasteiger partial charge in [-0.05, 0) is 30.7 Å². The number of hydrogen-bond acceptors (Lipinski definition) is 1. The zero-order valence-corrected chi connectivity index (χ0v) is 8.69. The second-order valence-electron chi connectivity index (χ2n) is 2.69. The number of anilines is 1. The zero-order valence-electron chi connectivity index (χ0n) is 7.10. The molecule has 0 heterocycles. The van der Waals surface area contributed by atoms with Crippen LogP contribution in [0.4, 0.5) is 5.69 Å². The van der Waals surface area contributed by atoms with Crippen molar-refractivity contribution in [2.75, 3.05) is 11.9 Å². The first-order chi connectivity index (χ1) is 5.72. The largest absolute Gasteiger partial charge is 0.382 e. The van der Waals surface area contributed by atoms with Gasteiger partial charge in [0.1, 0.15) is 0 Å². The van der Waals surface area contributed by atoms with E-state index in [1.54, 1.807) is 0 Å². The van der Waals surface area contributed by atoms with Crippen LogP contribution in [0.25, 0.3) is 0 Å². The standard InChI is InChI=1S/C10H12BrN/c1-3-4-12-10-6-8(2)5-9(11)7-10/h3,5-7,12H,1,4H2,2H3. The molecule has 1 rings (SSSR count). The minimum absolute atomic E-state index is 0.801. The third-order valence-electron chi connectivity index (χ3n) is 1.49. The molecule has 0 saturated carbocycles. The molecule has 0 amide bonds. The Morgan fingerprint density at radius 1 is 1.50 bits per heavy atom. The van der Waals surface area contributed by atoms with Gasteiger partial charge in [-0.25, -0.2) is 0 Å². The Hall–Kier alpha value is -0.760. The zero-order chi connectivity index (χ0) is 8.97. The maximum Gasteiger partial charge on any atom is 0.0356 e. The smallest absolute Gasteiger partial charge is 0.0356 e. The average molecular weight is 226 g/mol. The van der Waals surface area contributed by atoms with Crippen molar-refractivity contribution in [1.29, 1.82) is 0 Å². The summed E-state index contributed by atoms with van der Waals surface area (Å²) in [4.78, 5) is 0. The third kappa shape index (κ3) is 2.70. The highest BCUT2D eigenvalue weighted by Crippen LogP contribution is 2.18. The molecule has 0 aliphatic rings. The molecule has 1 aromatic rings. The van der Waals surface area contributed by atoms with Crippen molar-refractivity contribution in [2.45, 2.75) is 6.92 Å². The number of hydrogen-bond donors (Lipinski definition) is 1. The number of nitrogens with one attached hydrogen (secondary N) is 1. The second-order valence-corrected chi connectivity index (χ2v) is 3.60. The van der Waals surface area contributed by atoms with Crippen molar-refractivity contribution in [3.63, 3.8) is 0 Å². The van der Waals surface area contributed by atoms with Gasteiger partial charge in [-0.3, -0.25) is 0 Å². The van der Waals surface area contributed by atoms with E-state index in [4.69, 9.17) is 0 Å². The Morgan fingerprint density at radius 2 is 2.25 bits per heavy atom. The summed E-state index contributed by atoms with van der Waals surface area (Å²) in [5.74, 6) is 0. The van der Waals surface area contributed by atoms with Crippen LogP contribution in [0.3, 0.4) is 0 Å².